The lowest BCUT2D eigenvalue weighted by Crippen LogP contribution is -2.50. The number of halogens is 2. The molecule has 2 saturated heterocycles. The molecule has 3 heterocycles. The summed E-state index contributed by atoms with van der Waals surface area (Å²) in [5.41, 5.74) is 0.266. The van der Waals surface area contributed by atoms with Gasteiger partial charge in [-0.2, -0.15) is 8.42 Å². The summed E-state index contributed by atoms with van der Waals surface area (Å²) in [6, 6.07) is 4.56. The van der Waals surface area contributed by atoms with Crippen LogP contribution in [0.15, 0.2) is 30.6 Å². The third kappa shape index (κ3) is 10.6. The molecule has 2 aromatic rings. The Balaban J connectivity index is 1.15. The topological polar surface area (TPSA) is 133 Å². The molecule has 0 bridgehead atoms. The molecule has 0 atom stereocenters. The zero-order valence-corrected chi connectivity index (χ0v) is 25.7. The molecule has 0 spiro atoms. The molecule has 4 rings (SSSR count). The molecule has 2 fully saturated rings. The summed E-state index contributed by atoms with van der Waals surface area (Å²) in [5.74, 6) is 0.365. The average Bonchev–Trinajstić information content (AvgIpc) is 2.99. The Bertz CT molecular complexity index is 1340. The minimum Gasteiger partial charge on any atom is -0.493 e. The molecule has 43 heavy (non-hydrogen) atoms. The van der Waals surface area contributed by atoms with Crippen molar-refractivity contribution in [2.24, 2.45) is 5.92 Å². The number of hydrogen-bond acceptors (Lipinski definition) is 8. The lowest BCUT2D eigenvalue weighted by Gasteiger charge is -2.36. The first-order valence-corrected chi connectivity index (χ1v) is 16.7. The predicted molar refractivity (Wildman–Crippen MR) is 160 cm³/mol. The SMILES string of the molecule is O=C(CCCCS(=O)(=O)O)N1CCCN(C(=O)Cc2ccc(OCCCC3CCN(c4ncc(Cl)cn4)CC3)cc2F)C1. The van der Waals surface area contributed by atoms with Crippen LogP contribution >= 0.6 is 11.6 Å². The van der Waals surface area contributed by atoms with E-state index in [4.69, 9.17) is 20.9 Å². The van der Waals surface area contributed by atoms with Gasteiger partial charge in [0.2, 0.25) is 17.8 Å². The fourth-order valence-corrected chi connectivity index (χ4v) is 6.08. The number of rotatable bonds is 13. The van der Waals surface area contributed by atoms with Gasteiger partial charge in [0.25, 0.3) is 10.1 Å². The molecular weight excluding hydrogens is 601 g/mol. The van der Waals surface area contributed by atoms with Crippen LogP contribution in [0.4, 0.5) is 10.3 Å². The van der Waals surface area contributed by atoms with Gasteiger partial charge in [0.15, 0.2) is 0 Å². The Morgan fingerprint density at radius 3 is 2.40 bits per heavy atom. The van der Waals surface area contributed by atoms with Crippen LogP contribution in [0.5, 0.6) is 5.75 Å². The second kappa shape index (κ2) is 15.6. The monoisotopic (exact) mass is 639 g/mol. The van der Waals surface area contributed by atoms with Crippen LogP contribution in [0, 0.1) is 11.7 Å². The Kier molecular flexibility index (Phi) is 11.9. The highest BCUT2D eigenvalue weighted by atomic mass is 35.5. The molecule has 1 aromatic heterocycles. The summed E-state index contributed by atoms with van der Waals surface area (Å²) in [6.45, 7) is 3.35. The number of anilines is 1. The number of benzene rings is 1. The Labute approximate surface area is 257 Å². The molecule has 0 aliphatic carbocycles. The Hall–Kier alpha value is -3.03. The molecule has 14 heteroatoms. The lowest BCUT2D eigenvalue weighted by atomic mass is 9.92. The molecule has 2 aliphatic heterocycles. The summed E-state index contributed by atoms with van der Waals surface area (Å²) in [6.07, 6.45) is 8.30. The van der Waals surface area contributed by atoms with E-state index in [1.165, 1.54) is 11.0 Å². The first-order valence-electron chi connectivity index (χ1n) is 14.7. The van der Waals surface area contributed by atoms with E-state index in [1.54, 1.807) is 29.4 Å². The van der Waals surface area contributed by atoms with Crippen molar-refractivity contribution in [3.05, 3.63) is 47.0 Å². The number of unbranched alkanes of at least 4 members (excludes halogenated alkanes) is 1. The maximum Gasteiger partial charge on any atom is 0.264 e. The van der Waals surface area contributed by atoms with E-state index >= 15 is 0 Å². The van der Waals surface area contributed by atoms with Crippen molar-refractivity contribution in [3.8, 4) is 5.75 Å². The highest BCUT2D eigenvalue weighted by molar-refractivity contribution is 7.85. The van der Waals surface area contributed by atoms with Crippen LogP contribution in [-0.2, 0) is 26.1 Å². The first kappa shape index (κ1) is 32.9. The molecule has 236 valence electrons. The van der Waals surface area contributed by atoms with Crippen LogP contribution in [0.2, 0.25) is 5.02 Å². The number of ether oxygens (including phenoxy) is 1. The predicted octanol–water partition coefficient (Wildman–Crippen LogP) is 3.96. The molecule has 1 N–H and O–H groups in total. The summed E-state index contributed by atoms with van der Waals surface area (Å²) in [4.78, 5) is 39.2. The van der Waals surface area contributed by atoms with Gasteiger partial charge in [-0.1, -0.05) is 17.7 Å². The molecule has 0 radical (unpaired) electrons. The molecule has 1 aromatic carbocycles. The van der Waals surface area contributed by atoms with Crippen LogP contribution in [0.1, 0.15) is 56.9 Å². The van der Waals surface area contributed by atoms with Crippen molar-refractivity contribution >= 4 is 39.5 Å². The molecule has 2 aliphatic rings. The number of aromatic nitrogens is 2. The Morgan fingerprint density at radius 2 is 1.72 bits per heavy atom. The highest BCUT2D eigenvalue weighted by Gasteiger charge is 2.26. The van der Waals surface area contributed by atoms with Crippen molar-refractivity contribution < 1.29 is 31.7 Å². The fraction of sp³-hybridized carbons (Fsp3) is 0.586. The summed E-state index contributed by atoms with van der Waals surface area (Å²) in [7, 11) is -4.05. The summed E-state index contributed by atoms with van der Waals surface area (Å²) < 4.78 is 51.1. The van der Waals surface area contributed by atoms with Gasteiger partial charge < -0.3 is 19.4 Å². The van der Waals surface area contributed by atoms with Gasteiger partial charge in [0, 0.05) is 38.7 Å². The molecular formula is C29H39ClFN5O6S. The number of carbonyl (C=O) groups excluding carboxylic acids is 2. The summed E-state index contributed by atoms with van der Waals surface area (Å²) in [5, 5.41) is 0.522. The number of hydrogen-bond donors (Lipinski definition) is 1. The number of nitrogens with zero attached hydrogens (tertiary/aromatic N) is 5. The van der Waals surface area contributed by atoms with Gasteiger partial charge >= 0.3 is 0 Å². The highest BCUT2D eigenvalue weighted by Crippen LogP contribution is 2.25. The van der Waals surface area contributed by atoms with Gasteiger partial charge in [-0.15, -0.1) is 0 Å². The van der Waals surface area contributed by atoms with Crippen LogP contribution in [0.25, 0.3) is 0 Å². The minimum absolute atomic E-state index is 0.118. The van der Waals surface area contributed by atoms with Crippen LogP contribution < -0.4 is 9.64 Å². The third-order valence-electron chi connectivity index (χ3n) is 7.84. The first-order chi connectivity index (χ1) is 20.6. The molecule has 0 unspecified atom stereocenters. The quantitative estimate of drug-likeness (QED) is 0.255. The van der Waals surface area contributed by atoms with Gasteiger partial charge in [-0.05, 0) is 62.5 Å². The van der Waals surface area contributed by atoms with E-state index in [9.17, 15) is 22.4 Å². The van der Waals surface area contributed by atoms with E-state index < -0.39 is 15.9 Å². The molecule has 11 nitrogen and oxygen atoms in total. The Morgan fingerprint density at radius 1 is 1.02 bits per heavy atom. The fourth-order valence-electron chi connectivity index (χ4n) is 5.41. The maximum absolute atomic E-state index is 14.8. The standard InChI is InChI=1S/C29H39ClFN5O6S/c30-24-19-32-29(33-20-24)34-13-9-22(10-14-34)5-3-15-42-25-8-7-23(26(31)18-25)17-28(38)36-12-4-11-35(21-36)27(37)6-1-2-16-43(39,40)41/h7-8,18-20,22H,1-6,9-17,21H2,(H,39,40,41). The largest absolute Gasteiger partial charge is 0.493 e. The van der Waals surface area contributed by atoms with Gasteiger partial charge in [-0.3, -0.25) is 14.1 Å². The lowest BCUT2D eigenvalue weighted by molar-refractivity contribution is -0.142. The van der Waals surface area contributed by atoms with E-state index in [0.29, 0.717) is 55.2 Å². The van der Waals surface area contributed by atoms with Crippen LogP contribution in [-0.4, -0.2) is 89.8 Å². The second-order valence-electron chi connectivity index (χ2n) is 11.1. The van der Waals surface area contributed by atoms with E-state index in [2.05, 4.69) is 14.9 Å². The average molecular weight is 640 g/mol. The van der Waals surface area contributed by atoms with Gasteiger partial charge in [-0.25, -0.2) is 14.4 Å². The second-order valence-corrected chi connectivity index (χ2v) is 13.1. The van der Waals surface area contributed by atoms with E-state index in [1.807, 2.05) is 0 Å². The van der Waals surface area contributed by atoms with Crippen molar-refractivity contribution in [1.29, 1.82) is 0 Å². The van der Waals surface area contributed by atoms with Gasteiger partial charge in [0.05, 0.1) is 42.9 Å². The van der Waals surface area contributed by atoms with Crippen molar-refractivity contribution in [2.75, 3.05) is 50.1 Å². The normalized spacial score (nSPS) is 16.4. The van der Waals surface area contributed by atoms with Crippen molar-refractivity contribution in [1.82, 2.24) is 19.8 Å². The van der Waals surface area contributed by atoms with Crippen molar-refractivity contribution in [3.63, 3.8) is 0 Å². The summed E-state index contributed by atoms with van der Waals surface area (Å²) >= 11 is 5.87. The molecule has 2 amide bonds. The number of piperidine rings is 1. The van der Waals surface area contributed by atoms with E-state index in [-0.39, 0.29) is 49.1 Å². The van der Waals surface area contributed by atoms with E-state index in [0.717, 1.165) is 38.8 Å². The minimum atomic E-state index is -4.05. The zero-order valence-electron chi connectivity index (χ0n) is 24.2. The maximum atomic E-state index is 14.8. The van der Waals surface area contributed by atoms with Crippen LogP contribution in [0.3, 0.4) is 0 Å². The zero-order chi connectivity index (χ0) is 30.8. The molecule has 0 saturated carbocycles. The number of carbonyl (C=O) groups is 2. The number of amides is 2. The van der Waals surface area contributed by atoms with Crippen molar-refractivity contribution in [2.45, 2.75) is 57.8 Å². The smallest absolute Gasteiger partial charge is 0.264 e. The third-order valence-corrected chi connectivity index (χ3v) is 8.84. The van der Waals surface area contributed by atoms with Gasteiger partial charge in [0.1, 0.15) is 11.6 Å².